The summed E-state index contributed by atoms with van der Waals surface area (Å²) >= 11 is 0. The molecule has 0 atom stereocenters. The van der Waals surface area contributed by atoms with E-state index in [1.807, 2.05) is 0 Å². The van der Waals surface area contributed by atoms with Crippen molar-refractivity contribution in [3.63, 3.8) is 0 Å². The molecule has 0 bridgehead atoms. The van der Waals surface area contributed by atoms with E-state index in [0.717, 1.165) is 19.3 Å². The predicted octanol–water partition coefficient (Wildman–Crippen LogP) is -0.475. The van der Waals surface area contributed by atoms with Crippen molar-refractivity contribution in [2.24, 2.45) is 0 Å². The van der Waals surface area contributed by atoms with Crippen LogP contribution in [0, 0.1) is 0 Å². The van der Waals surface area contributed by atoms with Gasteiger partial charge in [-0.25, -0.2) is 0 Å². The minimum Gasteiger partial charge on any atom is -0.402 e. The molecule has 1 fully saturated rings. The second-order valence-electron chi connectivity index (χ2n) is 2.02. The highest BCUT2D eigenvalue weighted by Gasteiger charge is 2.23. The lowest BCUT2D eigenvalue weighted by molar-refractivity contribution is 0.0637. The summed E-state index contributed by atoms with van der Waals surface area (Å²) in [4.78, 5) is 0. The minimum atomic E-state index is -1.57. The molecular weight excluding hydrogens is 107 g/mol. The van der Waals surface area contributed by atoms with Crippen LogP contribution in [0.2, 0.25) is 0 Å². The molecule has 0 aromatic rings. The summed E-state index contributed by atoms with van der Waals surface area (Å²) in [5.74, 6) is 0. The minimum absolute atomic E-state index is 0.106. The maximum atomic E-state index is 8.22. The Morgan fingerprint density at radius 3 is 2.12 bits per heavy atom. The Bertz CT molecular complexity index is 71.7. The third-order valence-corrected chi connectivity index (χ3v) is 1.37. The van der Waals surface area contributed by atoms with Crippen molar-refractivity contribution >= 4 is 7.32 Å². The molecule has 3 nitrogen and oxygen atoms in total. The van der Waals surface area contributed by atoms with Gasteiger partial charge in [0, 0.05) is 6.10 Å². The Labute approximate surface area is 48.5 Å². The zero-order valence-electron chi connectivity index (χ0n) is 4.58. The highest BCUT2D eigenvalue weighted by molar-refractivity contribution is 6.32. The fourth-order valence-electron chi connectivity index (χ4n) is 0.679. The second-order valence-corrected chi connectivity index (χ2v) is 2.02. The van der Waals surface area contributed by atoms with Gasteiger partial charge in [0.05, 0.1) is 0 Å². The average molecular weight is 116 g/mol. The van der Waals surface area contributed by atoms with Gasteiger partial charge in [-0.05, 0) is 19.3 Å². The molecule has 0 heterocycles. The van der Waals surface area contributed by atoms with Gasteiger partial charge in [-0.3, -0.25) is 0 Å². The molecule has 1 saturated carbocycles. The van der Waals surface area contributed by atoms with Crippen LogP contribution in [0.3, 0.4) is 0 Å². The Kier molecular flexibility index (Phi) is 1.88. The molecule has 0 amide bonds. The standard InChI is InChI=1S/C4H9BO3/c6-5(7)8-4-2-1-3-4/h4,6-7H,1-3H2. The maximum Gasteiger partial charge on any atom is 0.634 e. The molecule has 1 rings (SSSR count). The first kappa shape index (κ1) is 6.07. The summed E-state index contributed by atoms with van der Waals surface area (Å²) in [5, 5.41) is 16.4. The first-order chi connectivity index (χ1) is 3.79. The zero-order chi connectivity index (χ0) is 5.98. The molecule has 0 spiro atoms. The van der Waals surface area contributed by atoms with E-state index >= 15 is 0 Å². The third kappa shape index (κ3) is 1.47. The summed E-state index contributed by atoms with van der Waals surface area (Å²) in [6.07, 6.45) is 3.20. The Hall–Kier alpha value is -0.0551. The molecule has 0 saturated heterocycles. The lowest BCUT2D eigenvalue weighted by Gasteiger charge is -2.25. The monoisotopic (exact) mass is 116 g/mol. The van der Waals surface area contributed by atoms with Crippen molar-refractivity contribution in [1.82, 2.24) is 0 Å². The maximum absolute atomic E-state index is 8.22. The molecule has 4 heteroatoms. The van der Waals surface area contributed by atoms with Gasteiger partial charge in [-0.1, -0.05) is 0 Å². The van der Waals surface area contributed by atoms with Crippen LogP contribution in [0.5, 0.6) is 0 Å². The summed E-state index contributed by atoms with van der Waals surface area (Å²) in [5.41, 5.74) is 0. The topological polar surface area (TPSA) is 49.7 Å². The summed E-state index contributed by atoms with van der Waals surface area (Å²) in [6.45, 7) is 0. The van der Waals surface area contributed by atoms with Crippen LogP contribution in [-0.4, -0.2) is 23.5 Å². The van der Waals surface area contributed by atoms with Gasteiger partial charge >= 0.3 is 7.32 Å². The first-order valence-corrected chi connectivity index (χ1v) is 2.80. The van der Waals surface area contributed by atoms with Gasteiger partial charge in [0.25, 0.3) is 0 Å². The van der Waals surface area contributed by atoms with Gasteiger partial charge < -0.3 is 14.7 Å². The van der Waals surface area contributed by atoms with E-state index in [9.17, 15) is 0 Å². The van der Waals surface area contributed by atoms with Crippen molar-refractivity contribution < 1.29 is 14.7 Å². The fourth-order valence-corrected chi connectivity index (χ4v) is 0.679. The number of hydrogen-bond acceptors (Lipinski definition) is 3. The van der Waals surface area contributed by atoms with Crippen molar-refractivity contribution in [2.45, 2.75) is 25.4 Å². The van der Waals surface area contributed by atoms with Crippen molar-refractivity contribution in [3.05, 3.63) is 0 Å². The highest BCUT2D eigenvalue weighted by atomic mass is 16.6. The number of hydrogen-bond donors (Lipinski definition) is 2. The van der Waals surface area contributed by atoms with Gasteiger partial charge in [0.1, 0.15) is 0 Å². The SMILES string of the molecule is OB(O)OC1CCC1. The van der Waals surface area contributed by atoms with Crippen LogP contribution in [0.1, 0.15) is 19.3 Å². The molecule has 0 aromatic carbocycles. The van der Waals surface area contributed by atoms with Gasteiger partial charge in [-0.2, -0.15) is 0 Å². The zero-order valence-corrected chi connectivity index (χ0v) is 4.58. The predicted molar refractivity (Wildman–Crippen MR) is 28.9 cm³/mol. The second kappa shape index (κ2) is 2.48. The van der Waals surface area contributed by atoms with Crippen LogP contribution < -0.4 is 0 Å². The van der Waals surface area contributed by atoms with Crippen LogP contribution in [0.15, 0.2) is 0 Å². The van der Waals surface area contributed by atoms with Crippen LogP contribution in [0.25, 0.3) is 0 Å². The van der Waals surface area contributed by atoms with E-state index in [2.05, 4.69) is 4.65 Å². The highest BCUT2D eigenvalue weighted by Crippen LogP contribution is 2.21. The Morgan fingerprint density at radius 2 is 2.00 bits per heavy atom. The van der Waals surface area contributed by atoms with E-state index in [4.69, 9.17) is 10.0 Å². The molecule has 1 aliphatic rings. The van der Waals surface area contributed by atoms with Gasteiger partial charge in [0.2, 0.25) is 0 Å². The Balaban J connectivity index is 2.01. The van der Waals surface area contributed by atoms with Crippen LogP contribution in [-0.2, 0) is 4.65 Å². The van der Waals surface area contributed by atoms with E-state index in [-0.39, 0.29) is 6.10 Å². The van der Waals surface area contributed by atoms with Crippen LogP contribution in [0.4, 0.5) is 0 Å². The first-order valence-electron chi connectivity index (χ1n) is 2.80. The smallest absolute Gasteiger partial charge is 0.402 e. The molecule has 0 radical (unpaired) electrons. The summed E-state index contributed by atoms with van der Waals surface area (Å²) < 4.78 is 4.60. The van der Waals surface area contributed by atoms with Crippen molar-refractivity contribution in [2.75, 3.05) is 0 Å². The molecule has 0 aliphatic heterocycles. The lowest BCUT2D eigenvalue weighted by Crippen LogP contribution is -2.30. The Morgan fingerprint density at radius 1 is 1.38 bits per heavy atom. The molecule has 46 valence electrons. The number of rotatable bonds is 2. The van der Waals surface area contributed by atoms with Crippen molar-refractivity contribution in [3.8, 4) is 0 Å². The van der Waals surface area contributed by atoms with Crippen molar-refractivity contribution in [1.29, 1.82) is 0 Å². The summed E-state index contributed by atoms with van der Waals surface area (Å²) in [7, 11) is -1.57. The van der Waals surface area contributed by atoms with E-state index in [1.54, 1.807) is 0 Å². The lowest BCUT2D eigenvalue weighted by atomic mass is 9.95. The molecule has 1 aliphatic carbocycles. The fraction of sp³-hybridized carbons (Fsp3) is 1.00. The largest absolute Gasteiger partial charge is 0.634 e. The molecule has 0 aromatic heterocycles. The molecule has 0 unspecified atom stereocenters. The van der Waals surface area contributed by atoms with E-state index < -0.39 is 7.32 Å². The van der Waals surface area contributed by atoms with Gasteiger partial charge in [-0.15, -0.1) is 0 Å². The quantitative estimate of drug-likeness (QED) is 0.479. The molecule has 8 heavy (non-hydrogen) atoms. The normalized spacial score (nSPS) is 20.2. The molecule has 2 N–H and O–H groups in total. The summed E-state index contributed by atoms with van der Waals surface area (Å²) in [6, 6.07) is 0. The van der Waals surface area contributed by atoms with E-state index in [0.29, 0.717) is 0 Å². The van der Waals surface area contributed by atoms with Gasteiger partial charge in [0.15, 0.2) is 0 Å². The van der Waals surface area contributed by atoms with Crippen LogP contribution >= 0.6 is 0 Å². The van der Waals surface area contributed by atoms with E-state index in [1.165, 1.54) is 0 Å². The average Bonchev–Trinajstić information content (AvgIpc) is 1.55. The molecular formula is C4H9BO3. The third-order valence-electron chi connectivity index (χ3n) is 1.37.